The zero-order chi connectivity index (χ0) is 19.5. The second-order valence-electron chi connectivity index (χ2n) is 8.38. The van der Waals surface area contributed by atoms with Crippen molar-refractivity contribution < 1.29 is 4.79 Å². The molecule has 2 aliphatic rings. The van der Waals surface area contributed by atoms with Crippen LogP contribution in [0.1, 0.15) is 52.4 Å². The van der Waals surface area contributed by atoms with Crippen molar-refractivity contribution in [2.45, 2.75) is 64.5 Å². The first-order valence-electron chi connectivity index (χ1n) is 10.6. The Hall–Kier alpha value is -1.89. The molecule has 152 valence electrons. The minimum absolute atomic E-state index is 0.125. The molecule has 0 saturated carbocycles. The SMILES string of the molecule is CC(C)NC(=O)N1CCCCC[C@@H]1C1CCN(c2ncnc3sccc23)CC1. The number of rotatable bonds is 3. The lowest BCUT2D eigenvalue weighted by molar-refractivity contribution is 0.135. The number of carbonyl (C=O) groups excluding carboxylic acids is 1. The molecule has 0 aromatic carbocycles. The number of piperidine rings is 1. The van der Waals surface area contributed by atoms with Gasteiger partial charge in [-0.3, -0.25) is 0 Å². The standard InChI is InChI=1S/C21H31N5OS/c1-15(2)24-21(27)26-10-5-3-4-6-18(26)16-7-11-25(12-8-16)19-17-9-13-28-20(17)23-14-22-19/h9,13-16,18H,3-8,10-12H2,1-2H3,(H,24,27)/t18-/m1/s1. The van der Waals surface area contributed by atoms with Crippen LogP contribution in [0.25, 0.3) is 10.2 Å². The molecule has 0 radical (unpaired) electrons. The van der Waals surface area contributed by atoms with E-state index in [0.29, 0.717) is 12.0 Å². The van der Waals surface area contributed by atoms with E-state index in [1.165, 1.54) is 18.2 Å². The molecule has 2 aromatic rings. The molecule has 1 atom stereocenters. The van der Waals surface area contributed by atoms with Gasteiger partial charge in [-0.05, 0) is 56.9 Å². The Morgan fingerprint density at radius 1 is 1.14 bits per heavy atom. The number of fused-ring (bicyclic) bond motifs is 1. The van der Waals surface area contributed by atoms with E-state index >= 15 is 0 Å². The summed E-state index contributed by atoms with van der Waals surface area (Å²) < 4.78 is 0. The molecule has 2 fully saturated rings. The Balaban J connectivity index is 1.45. The summed E-state index contributed by atoms with van der Waals surface area (Å²) in [6.07, 6.45) is 8.65. The first kappa shape index (κ1) is 19.4. The minimum Gasteiger partial charge on any atom is -0.356 e. The summed E-state index contributed by atoms with van der Waals surface area (Å²) in [5, 5.41) is 6.38. The molecule has 1 N–H and O–H groups in total. The van der Waals surface area contributed by atoms with Crippen LogP contribution in [0.3, 0.4) is 0 Å². The van der Waals surface area contributed by atoms with Crippen LogP contribution < -0.4 is 10.2 Å². The molecule has 0 unspecified atom stereocenters. The third-order valence-corrected chi connectivity index (χ3v) is 6.92. The normalized spacial score (nSPS) is 21.9. The van der Waals surface area contributed by atoms with Gasteiger partial charge in [0.1, 0.15) is 17.0 Å². The van der Waals surface area contributed by atoms with Crippen LogP contribution in [-0.4, -0.2) is 52.6 Å². The molecule has 4 rings (SSSR count). The van der Waals surface area contributed by atoms with Crippen molar-refractivity contribution in [1.29, 1.82) is 0 Å². The summed E-state index contributed by atoms with van der Waals surface area (Å²) in [4.78, 5) is 27.4. The number of hydrogen-bond donors (Lipinski definition) is 1. The smallest absolute Gasteiger partial charge is 0.317 e. The number of urea groups is 1. The van der Waals surface area contributed by atoms with Crippen molar-refractivity contribution in [2.24, 2.45) is 5.92 Å². The van der Waals surface area contributed by atoms with Gasteiger partial charge in [-0.2, -0.15) is 0 Å². The predicted octanol–water partition coefficient (Wildman–Crippen LogP) is 4.27. The van der Waals surface area contributed by atoms with Gasteiger partial charge in [0.2, 0.25) is 0 Å². The fourth-order valence-corrected chi connectivity index (χ4v) is 5.46. The highest BCUT2D eigenvalue weighted by Gasteiger charge is 2.34. The zero-order valence-corrected chi connectivity index (χ0v) is 17.7. The van der Waals surface area contributed by atoms with E-state index in [0.717, 1.165) is 56.0 Å². The van der Waals surface area contributed by atoms with Crippen molar-refractivity contribution >= 4 is 33.4 Å². The number of likely N-dealkylation sites (tertiary alicyclic amines) is 1. The Labute approximate surface area is 171 Å². The van der Waals surface area contributed by atoms with Crippen molar-refractivity contribution in [2.75, 3.05) is 24.5 Å². The van der Waals surface area contributed by atoms with E-state index in [1.807, 2.05) is 13.8 Å². The number of nitrogens with zero attached hydrogens (tertiary/aromatic N) is 4. The number of amides is 2. The molecule has 2 aromatic heterocycles. The Morgan fingerprint density at radius 2 is 1.96 bits per heavy atom. The first-order chi connectivity index (χ1) is 13.6. The summed E-state index contributed by atoms with van der Waals surface area (Å²) in [5.74, 6) is 1.65. The predicted molar refractivity (Wildman–Crippen MR) is 115 cm³/mol. The van der Waals surface area contributed by atoms with Gasteiger partial charge in [0.25, 0.3) is 0 Å². The summed E-state index contributed by atoms with van der Waals surface area (Å²) in [7, 11) is 0. The molecule has 6 nitrogen and oxygen atoms in total. The fraction of sp³-hybridized carbons (Fsp3) is 0.667. The van der Waals surface area contributed by atoms with Crippen LogP contribution in [0, 0.1) is 5.92 Å². The molecular weight excluding hydrogens is 370 g/mol. The average molecular weight is 402 g/mol. The number of carbonyl (C=O) groups is 1. The van der Waals surface area contributed by atoms with Crippen molar-refractivity contribution in [1.82, 2.24) is 20.2 Å². The Morgan fingerprint density at radius 3 is 2.75 bits per heavy atom. The lowest BCUT2D eigenvalue weighted by atomic mass is 9.86. The molecule has 0 bridgehead atoms. The van der Waals surface area contributed by atoms with Crippen molar-refractivity contribution in [3.8, 4) is 0 Å². The lowest BCUT2D eigenvalue weighted by Gasteiger charge is -2.41. The van der Waals surface area contributed by atoms with E-state index in [2.05, 4.69) is 36.5 Å². The van der Waals surface area contributed by atoms with E-state index in [1.54, 1.807) is 17.7 Å². The fourth-order valence-electron chi connectivity index (χ4n) is 4.73. The highest BCUT2D eigenvalue weighted by molar-refractivity contribution is 7.16. The van der Waals surface area contributed by atoms with Gasteiger partial charge in [0.05, 0.1) is 5.39 Å². The van der Waals surface area contributed by atoms with Crippen LogP contribution >= 0.6 is 11.3 Å². The van der Waals surface area contributed by atoms with Gasteiger partial charge in [-0.1, -0.05) is 12.8 Å². The van der Waals surface area contributed by atoms with E-state index in [9.17, 15) is 4.79 Å². The van der Waals surface area contributed by atoms with Crippen molar-refractivity contribution in [3.05, 3.63) is 17.8 Å². The lowest BCUT2D eigenvalue weighted by Crippen LogP contribution is -2.52. The summed E-state index contributed by atoms with van der Waals surface area (Å²) in [6.45, 7) is 6.97. The highest BCUT2D eigenvalue weighted by Crippen LogP contribution is 2.34. The first-order valence-corrected chi connectivity index (χ1v) is 11.5. The summed E-state index contributed by atoms with van der Waals surface area (Å²) in [5.41, 5.74) is 0. The van der Waals surface area contributed by atoms with E-state index < -0.39 is 0 Å². The summed E-state index contributed by atoms with van der Waals surface area (Å²) >= 11 is 1.67. The molecule has 2 aliphatic heterocycles. The number of thiophene rings is 1. The topological polar surface area (TPSA) is 61.4 Å². The Bertz CT molecular complexity index is 799. The van der Waals surface area contributed by atoms with Crippen LogP contribution in [0.2, 0.25) is 0 Å². The van der Waals surface area contributed by atoms with E-state index in [4.69, 9.17) is 0 Å². The third kappa shape index (κ3) is 4.09. The molecule has 0 aliphatic carbocycles. The number of anilines is 1. The highest BCUT2D eigenvalue weighted by atomic mass is 32.1. The van der Waals surface area contributed by atoms with Crippen molar-refractivity contribution in [3.63, 3.8) is 0 Å². The van der Waals surface area contributed by atoms with Gasteiger partial charge < -0.3 is 15.1 Å². The zero-order valence-electron chi connectivity index (χ0n) is 16.9. The monoisotopic (exact) mass is 401 g/mol. The maximum atomic E-state index is 12.8. The second-order valence-corrected chi connectivity index (χ2v) is 9.27. The van der Waals surface area contributed by atoms with Gasteiger partial charge >= 0.3 is 6.03 Å². The maximum absolute atomic E-state index is 12.8. The largest absolute Gasteiger partial charge is 0.356 e. The van der Waals surface area contributed by atoms with Gasteiger partial charge in [0, 0.05) is 31.7 Å². The molecule has 2 amide bonds. The molecule has 0 spiro atoms. The number of aromatic nitrogens is 2. The molecular formula is C21H31N5OS. The Kier molecular flexibility index (Phi) is 5.99. The van der Waals surface area contributed by atoms with Crippen LogP contribution in [0.15, 0.2) is 17.8 Å². The molecule has 28 heavy (non-hydrogen) atoms. The molecule has 7 heteroatoms. The number of hydrogen-bond acceptors (Lipinski definition) is 5. The maximum Gasteiger partial charge on any atom is 0.317 e. The second kappa shape index (κ2) is 8.64. The van der Waals surface area contributed by atoms with Gasteiger partial charge in [-0.25, -0.2) is 14.8 Å². The van der Waals surface area contributed by atoms with Crippen LogP contribution in [-0.2, 0) is 0 Å². The molecule has 4 heterocycles. The van der Waals surface area contributed by atoms with E-state index in [-0.39, 0.29) is 12.1 Å². The van der Waals surface area contributed by atoms with Gasteiger partial charge in [-0.15, -0.1) is 11.3 Å². The molecule has 2 saturated heterocycles. The van der Waals surface area contributed by atoms with Crippen LogP contribution in [0.4, 0.5) is 10.6 Å². The van der Waals surface area contributed by atoms with Crippen LogP contribution in [0.5, 0.6) is 0 Å². The minimum atomic E-state index is 0.125. The number of nitrogens with one attached hydrogen (secondary N) is 1. The average Bonchev–Trinajstić information content (AvgIpc) is 3.04. The third-order valence-electron chi connectivity index (χ3n) is 6.10. The summed E-state index contributed by atoms with van der Waals surface area (Å²) in [6, 6.07) is 2.81. The quantitative estimate of drug-likeness (QED) is 0.834. The van der Waals surface area contributed by atoms with Gasteiger partial charge in [0.15, 0.2) is 0 Å².